The van der Waals surface area contributed by atoms with Gasteiger partial charge < -0.3 is 4.74 Å². The van der Waals surface area contributed by atoms with Gasteiger partial charge in [0.1, 0.15) is 11.5 Å². The van der Waals surface area contributed by atoms with Crippen LogP contribution in [0, 0.1) is 0 Å². The third kappa shape index (κ3) is 3.71. The Labute approximate surface area is 169 Å². The molecule has 0 fully saturated rings. The van der Waals surface area contributed by atoms with Gasteiger partial charge in [0.25, 0.3) is 0 Å². The van der Waals surface area contributed by atoms with Crippen LogP contribution in [-0.2, 0) is 0 Å². The molecule has 0 atom stereocenters. The second-order valence-corrected chi connectivity index (χ2v) is 6.50. The van der Waals surface area contributed by atoms with Gasteiger partial charge in [-0.15, -0.1) is 0 Å². The largest absolute Gasteiger partial charge is 0.456 e. The molecular weight excluding hydrogens is 360 g/mol. The molecule has 140 valence electrons. The van der Waals surface area contributed by atoms with Crippen LogP contribution in [0.15, 0.2) is 97.1 Å². The fraction of sp³-hybridized carbons (Fsp3) is 0. The number of aldehydes is 2. The lowest BCUT2D eigenvalue weighted by Crippen LogP contribution is -1.98. The fourth-order valence-corrected chi connectivity index (χ4v) is 3.37. The number of ether oxygens (including phenoxy) is 1. The third-order valence-electron chi connectivity index (χ3n) is 4.76. The van der Waals surface area contributed by atoms with Gasteiger partial charge in [-0.1, -0.05) is 84.9 Å². The summed E-state index contributed by atoms with van der Waals surface area (Å²) in [5.41, 5.74) is 4.30. The Morgan fingerprint density at radius 2 is 0.897 bits per heavy atom. The predicted molar refractivity (Wildman–Crippen MR) is 115 cm³/mol. The van der Waals surface area contributed by atoms with E-state index in [1.54, 1.807) is 12.1 Å². The summed E-state index contributed by atoms with van der Waals surface area (Å²) in [6, 6.07) is 30.2. The molecule has 4 aromatic rings. The second-order valence-electron chi connectivity index (χ2n) is 6.50. The molecule has 3 heteroatoms. The van der Waals surface area contributed by atoms with Crippen LogP contribution in [0.2, 0.25) is 0 Å². The smallest absolute Gasteiger partial charge is 0.154 e. The van der Waals surface area contributed by atoms with Crippen molar-refractivity contribution in [1.82, 2.24) is 0 Å². The second kappa shape index (κ2) is 8.36. The van der Waals surface area contributed by atoms with Gasteiger partial charge in [0.2, 0.25) is 0 Å². The first-order valence-electron chi connectivity index (χ1n) is 9.27. The molecule has 0 radical (unpaired) electrons. The molecule has 0 spiro atoms. The summed E-state index contributed by atoms with van der Waals surface area (Å²) in [6.45, 7) is 0. The Morgan fingerprint density at radius 3 is 1.28 bits per heavy atom. The van der Waals surface area contributed by atoms with Crippen molar-refractivity contribution in [3.63, 3.8) is 0 Å². The summed E-state index contributed by atoms with van der Waals surface area (Å²) in [6.07, 6.45) is 1.58. The highest BCUT2D eigenvalue weighted by Gasteiger charge is 2.15. The maximum atomic E-state index is 11.9. The molecule has 4 rings (SSSR count). The molecule has 0 aliphatic rings. The summed E-state index contributed by atoms with van der Waals surface area (Å²) >= 11 is 0. The first-order valence-corrected chi connectivity index (χ1v) is 9.27. The summed E-state index contributed by atoms with van der Waals surface area (Å²) in [4.78, 5) is 23.8. The number of hydrogen-bond donors (Lipinski definition) is 0. The summed E-state index contributed by atoms with van der Waals surface area (Å²) in [7, 11) is 0. The Balaban J connectivity index is 1.79. The van der Waals surface area contributed by atoms with E-state index in [0.717, 1.165) is 34.8 Å². The van der Waals surface area contributed by atoms with E-state index in [4.69, 9.17) is 4.74 Å². The van der Waals surface area contributed by atoms with Crippen molar-refractivity contribution in [2.75, 3.05) is 0 Å². The van der Waals surface area contributed by atoms with Crippen molar-refractivity contribution in [3.05, 3.63) is 108 Å². The van der Waals surface area contributed by atoms with Crippen LogP contribution in [-0.4, -0.2) is 12.6 Å². The van der Waals surface area contributed by atoms with E-state index in [0.29, 0.717) is 22.6 Å². The van der Waals surface area contributed by atoms with Gasteiger partial charge in [-0.3, -0.25) is 9.59 Å². The molecule has 0 N–H and O–H groups in total. The van der Waals surface area contributed by atoms with Crippen LogP contribution in [0.4, 0.5) is 0 Å². The van der Waals surface area contributed by atoms with Gasteiger partial charge in [-0.05, 0) is 34.4 Å². The highest BCUT2D eigenvalue weighted by Crippen LogP contribution is 2.36. The molecule has 0 saturated carbocycles. The SMILES string of the molecule is O=Cc1c(Oc2cccc(-c3ccccc3)c2C=O)cccc1-c1ccccc1. The Bertz CT molecular complexity index is 1060. The Hall–Kier alpha value is -3.98. The number of carbonyl (C=O) groups excluding carboxylic acids is 2. The Morgan fingerprint density at radius 1 is 0.483 bits per heavy atom. The minimum absolute atomic E-state index is 0.412. The molecule has 0 heterocycles. The molecular formula is C26H18O3. The molecule has 0 saturated heterocycles. The maximum absolute atomic E-state index is 11.9. The first kappa shape index (κ1) is 18.4. The van der Waals surface area contributed by atoms with E-state index in [1.807, 2.05) is 84.9 Å². The first-order chi connectivity index (χ1) is 14.3. The molecule has 0 amide bonds. The quantitative estimate of drug-likeness (QED) is 0.363. The van der Waals surface area contributed by atoms with Crippen molar-refractivity contribution in [2.45, 2.75) is 0 Å². The zero-order chi connectivity index (χ0) is 20.1. The lowest BCUT2D eigenvalue weighted by Gasteiger charge is -2.15. The van der Waals surface area contributed by atoms with Gasteiger partial charge in [0, 0.05) is 0 Å². The third-order valence-corrected chi connectivity index (χ3v) is 4.76. The normalized spacial score (nSPS) is 10.3. The topological polar surface area (TPSA) is 43.4 Å². The fourth-order valence-electron chi connectivity index (χ4n) is 3.37. The highest BCUT2D eigenvalue weighted by atomic mass is 16.5. The average Bonchev–Trinajstić information content (AvgIpc) is 2.80. The highest BCUT2D eigenvalue weighted by molar-refractivity contribution is 5.93. The Kier molecular flexibility index (Phi) is 5.30. The van der Waals surface area contributed by atoms with Crippen LogP contribution in [0.25, 0.3) is 22.3 Å². The molecule has 0 aromatic heterocycles. The van der Waals surface area contributed by atoms with E-state index in [1.165, 1.54) is 0 Å². The van der Waals surface area contributed by atoms with E-state index in [2.05, 4.69) is 0 Å². The van der Waals surface area contributed by atoms with Crippen molar-refractivity contribution in [1.29, 1.82) is 0 Å². The average molecular weight is 378 g/mol. The number of hydrogen-bond acceptors (Lipinski definition) is 3. The zero-order valence-corrected chi connectivity index (χ0v) is 15.6. The minimum atomic E-state index is 0.412. The summed E-state index contributed by atoms with van der Waals surface area (Å²) in [5.74, 6) is 0.823. The molecule has 29 heavy (non-hydrogen) atoms. The molecule has 4 aromatic carbocycles. The van der Waals surface area contributed by atoms with E-state index in [9.17, 15) is 9.59 Å². The van der Waals surface area contributed by atoms with Crippen LogP contribution in [0.5, 0.6) is 11.5 Å². The van der Waals surface area contributed by atoms with Crippen molar-refractivity contribution in [2.24, 2.45) is 0 Å². The van der Waals surface area contributed by atoms with Crippen LogP contribution >= 0.6 is 0 Å². The molecule has 3 nitrogen and oxygen atoms in total. The predicted octanol–water partition coefficient (Wildman–Crippen LogP) is 6.44. The van der Waals surface area contributed by atoms with Crippen LogP contribution in [0.3, 0.4) is 0 Å². The van der Waals surface area contributed by atoms with Gasteiger partial charge in [-0.2, -0.15) is 0 Å². The monoisotopic (exact) mass is 378 g/mol. The number of benzene rings is 4. The van der Waals surface area contributed by atoms with Gasteiger partial charge >= 0.3 is 0 Å². The lowest BCUT2D eigenvalue weighted by atomic mass is 9.98. The molecule has 0 aliphatic carbocycles. The molecule has 0 bridgehead atoms. The van der Waals surface area contributed by atoms with E-state index >= 15 is 0 Å². The zero-order valence-electron chi connectivity index (χ0n) is 15.6. The standard InChI is InChI=1S/C26H18O3/c27-17-23-21(19-9-3-1-4-10-19)13-7-15-25(23)29-26-16-8-14-22(24(26)18-28)20-11-5-2-6-12-20/h1-18H. The van der Waals surface area contributed by atoms with Crippen LogP contribution in [0.1, 0.15) is 20.7 Å². The maximum Gasteiger partial charge on any atom is 0.154 e. The van der Waals surface area contributed by atoms with Crippen molar-refractivity contribution < 1.29 is 14.3 Å². The van der Waals surface area contributed by atoms with Crippen LogP contribution < -0.4 is 4.74 Å². The minimum Gasteiger partial charge on any atom is -0.456 e. The van der Waals surface area contributed by atoms with E-state index in [-0.39, 0.29) is 0 Å². The van der Waals surface area contributed by atoms with Gasteiger partial charge in [0.15, 0.2) is 12.6 Å². The van der Waals surface area contributed by atoms with Crippen molar-refractivity contribution in [3.8, 4) is 33.8 Å². The summed E-state index contributed by atoms with van der Waals surface area (Å²) < 4.78 is 6.08. The number of carbonyl (C=O) groups is 2. The van der Waals surface area contributed by atoms with Gasteiger partial charge in [0.05, 0.1) is 11.1 Å². The lowest BCUT2D eigenvalue weighted by molar-refractivity contribution is 0.111. The molecule has 0 aliphatic heterocycles. The van der Waals surface area contributed by atoms with Gasteiger partial charge in [-0.25, -0.2) is 0 Å². The molecule has 0 unspecified atom stereocenters. The van der Waals surface area contributed by atoms with E-state index < -0.39 is 0 Å². The number of rotatable bonds is 6. The van der Waals surface area contributed by atoms with Crippen molar-refractivity contribution >= 4 is 12.6 Å². The summed E-state index contributed by atoms with van der Waals surface area (Å²) in [5, 5.41) is 0.